The summed E-state index contributed by atoms with van der Waals surface area (Å²) in [6.45, 7) is 7.73. The van der Waals surface area contributed by atoms with Gasteiger partial charge in [-0.3, -0.25) is 9.59 Å². The van der Waals surface area contributed by atoms with Gasteiger partial charge in [-0.25, -0.2) is 0 Å². The zero-order valence-electron chi connectivity index (χ0n) is 31.1. The van der Waals surface area contributed by atoms with E-state index in [9.17, 15) is 9.59 Å². The van der Waals surface area contributed by atoms with E-state index in [0.29, 0.717) is 26.1 Å². The minimum atomic E-state index is -0.524. The van der Waals surface area contributed by atoms with Gasteiger partial charge in [-0.1, -0.05) is 174 Å². The van der Waals surface area contributed by atoms with E-state index in [1.807, 2.05) is 0 Å². The van der Waals surface area contributed by atoms with E-state index < -0.39 is 6.10 Å². The monoisotopic (exact) mass is 651 g/mol. The van der Waals surface area contributed by atoms with Crippen LogP contribution in [0.2, 0.25) is 0 Å². The molecule has 1 atom stereocenters. The van der Waals surface area contributed by atoms with Crippen molar-refractivity contribution < 1.29 is 23.8 Å². The van der Waals surface area contributed by atoms with E-state index in [4.69, 9.17) is 14.2 Å². The number of ether oxygens (including phenoxy) is 3. The summed E-state index contributed by atoms with van der Waals surface area (Å²) in [5.74, 6) is -0.413. The Labute approximate surface area is 286 Å². The van der Waals surface area contributed by atoms with Gasteiger partial charge in [0, 0.05) is 19.4 Å². The Bertz CT molecular complexity index is 661. The largest absolute Gasteiger partial charge is 0.462 e. The standard InChI is InChI=1S/C41H78O5/c1-4-7-10-13-15-17-19-20-21-23-25-27-30-33-36-44-37-39(46-41(43)35-32-28-12-9-6-3)38-45-40(42)34-31-29-26-24-22-18-16-14-11-8-5-2/h14,16,39H,4-13,15,17-38H2,1-3H3/b16-14-. The molecule has 5 nitrogen and oxygen atoms in total. The lowest BCUT2D eigenvalue weighted by molar-refractivity contribution is -0.163. The van der Waals surface area contributed by atoms with Crippen molar-refractivity contribution in [2.75, 3.05) is 19.8 Å². The number of esters is 2. The zero-order chi connectivity index (χ0) is 33.6. The number of carbonyl (C=O) groups is 2. The Morgan fingerprint density at radius 1 is 0.457 bits per heavy atom. The first-order chi connectivity index (χ1) is 22.6. The fourth-order valence-corrected chi connectivity index (χ4v) is 5.72. The molecule has 0 spiro atoms. The van der Waals surface area contributed by atoms with Crippen molar-refractivity contribution in [1.29, 1.82) is 0 Å². The van der Waals surface area contributed by atoms with Crippen molar-refractivity contribution in [3.8, 4) is 0 Å². The van der Waals surface area contributed by atoms with Gasteiger partial charge in [-0.2, -0.15) is 0 Å². The zero-order valence-corrected chi connectivity index (χ0v) is 31.1. The molecule has 0 radical (unpaired) electrons. The highest BCUT2D eigenvalue weighted by molar-refractivity contribution is 5.70. The van der Waals surface area contributed by atoms with Crippen molar-refractivity contribution >= 4 is 11.9 Å². The maximum atomic E-state index is 12.5. The molecule has 0 amide bonds. The summed E-state index contributed by atoms with van der Waals surface area (Å²) in [6, 6.07) is 0. The van der Waals surface area contributed by atoms with Gasteiger partial charge < -0.3 is 14.2 Å². The normalized spacial score (nSPS) is 12.2. The Morgan fingerprint density at radius 3 is 1.39 bits per heavy atom. The number of carbonyl (C=O) groups excluding carboxylic acids is 2. The average Bonchev–Trinajstić information content (AvgIpc) is 3.05. The van der Waals surface area contributed by atoms with Crippen LogP contribution in [-0.4, -0.2) is 37.9 Å². The highest BCUT2D eigenvalue weighted by atomic mass is 16.6. The Kier molecular flexibility index (Phi) is 37.0. The molecule has 0 aliphatic rings. The summed E-state index contributed by atoms with van der Waals surface area (Å²) < 4.78 is 17.1. The summed E-state index contributed by atoms with van der Waals surface area (Å²) in [5.41, 5.74) is 0. The molecule has 0 aromatic rings. The summed E-state index contributed by atoms with van der Waals surface area (Å²) in [6.07, 6.45) is 39.4. The molecular formula is C41H78O5. The SMILES string of the molecule is CCCC/C=C\CCCCCCCC(=O)OCC(COCCCCCCCCCCCCCCCC)OC(=O)CCCCCCC. The molecule has 0 rings (SSSR count). The van der Waals surface area contributed by atoms with E-state index in [1.54, 1.807) is 0 Å². The van der Waals surface area contributed by atoms with Gasteiger partial charge in [0.2, 0.25) is 0 Å². The minimum absolute atomic E-state index is 0.0868. The van der Waals surface area contributed by atoms with Crippen molar-refractivity contribution in [3.63, 3.8) is 0 Å². The quantitative estimate of drug-likeness (QED) is 0.0380. The molecule has 0 fully saturated rings. The Morgan fingerprint density at radius 2 is 0.870 bits per heavy atom. The number of hydrogen-bond acceptors (Lipinski definition) is 5. The Hall–Kier alpha value is -1.36. The molecule has 0 N–H and O–H groups in total. The predicted octanol–water partition coefficient (Wildman–Crippen LogP) is 12.8. The highest BCUT2D eigenvalue weighted by Crippen LogP contribution is 2.14. The smallest absolute Gasteiger partial charge is 0.306 e. The summed E-state index contributed by atoms with van der Waals surface area (Å²) >= 11 is 0. The number of unbranched alkanes of at least 4 members (excludes halogenated alkanes) is 24. The third-order valence-corrected chi connectivity index (χ3v) is 8.80. The first-order valence-electron chi connectivity index (χ1n) is 20.2. The van der Waals surface area contributed by atoms with Gasteiger partial charge in [0.1, 0.15) is 6.61 Å². The summed E-state index contributed by atoms with van der Waals surface area (Å²) in [7, 11) is 0. The van der Waals surface area contributed by atoms with Gasteiger partial charge in [-0.05, 0) is 38.5 Å². The fourth-order valence-electron chi connectivity index (χ4n) is 5.72. The van der Waals surface area contributed by atoms with Crippen molar-refractivity contribution in [3.05, 3.63) is 12.2 Å². The first kappa shape index (κ1) is 44.6. The van der Waals surface area contributed by atoms with E-state index in [2.05, 4.69) is 32.9 Å². The molecule has 0 aromatic heterocycles. The molecule has 5 heteroatoms. The van der Waals surface area contributed by atoms with Gasteiger partial charge in [0.05, 0.1) is 6.61 Å². The van der Waals surface area contributed by atoms with Crippen LogP contribution in [0.5, 0.6) is 0 Å². The van der Waals surface area contributed by atoms with Crippen molar-refractivity contribution in [1.82, 2.24) is 0 Å². The maximum Gasteiger partial charge on any atom is 0.306 e. The van der Waals surface area contributed by atoms with Crippen LogP contribution in [0.25, 0.3) is 0 Å². The number of rotatable bonds is 37. The van der Waals surface area contributed by atoms with Crippen LogP contribution in [0.1, 0.15) is 213 Å². The van der Waals surface area contributed by atoms with Crippen molar-refractivity contribution in [2.24, 2.45) is 0 Å². The second kappa shape index (κ2) is 38.1. The minimum Gasteiger partial charge on any atom is -0.462 e. The van der Waals surface area contributed by atoms with Crippen LogP contribution >= 0.6 is 0 Å². The molecule has 0 aliphatic heterocycles. The molecule has 0 saturated heterocycles. The molecule has 272 valence electrons. The van der Waals surface area contributed by atoms with Crippen LogP contribution in [-0.2, 0) is 23.8 Å². The molecule has 0 bridgehead atoms. The van der Waals surface area contributed by atoms with Gasteiger partial charge in [0.25, 0.3) is 0 Å². The molecule has 46 heavy (non-hydrogen) atoms. The second-order valence-electron chi connectivity index (χ2n) is 13.6. The lowest BCUT2D eigenvalue weighted by Gasteiger charge is -2.18. The number of allylic oxidation sites excluding steroid dienone is 2. The molecule has 1 unspecified atom stereocenters. The molecule has 0 heterocycles. The van der Waals surface area contributed by atoms with E-state index in [1.165, 1.54) is 128 Å². The van der Waals surface area contributed by atoms with Crippen LogP contribution in [0.4, 0.5) is 0 Å². The van der Waals surface area contributed by atoms with Crippen LogP contribution in [0, 0.1) is 0 Å². The topological polar surface area (TPSA) is 61.8 Å². The van der Waals surface area contributed by atoms with E-state index >= 15 is 0 Å². The number of hydrogen-bond donors (Lipinski definition) is 0. The van der Waals surface area contributed by atoms with Gasteiger partial charge >= 0.3 is 11.9 Å². The third-order valence-electron chi connectivity index (χ3n) is 8.80. The van der Waals surface area contributed by atoms with E-state index in [-0.39, 0.29) is 18.5 Å². The molecule has 0 aliphatic carbocycles. The molecule has 0 aromatic carbocycles. The summed E-state index contributed by atoms with van der Waals surface area (Å²) in [5, 5.41) is 0. The first-order valence-corrected chi connectivity index (χ1v) is 20.2. The van der Waals surface area contributed by atoms with Crippen LogP contribution < -0.4 is 0 Å². The Balaban J connectivity index is 4.07. The second-order valence-corrected chi connectivity index (χ2v) is 13.6. The average molecular weight is 651 g/mol. The predicted molar refractivity (Wildman–Crippen MR) is 196 cm³/mol. The van der Waals surface area contributed by atoms with Gasteiger partial charge in [-0.15, -0.1) is 0 Å². The lowest BCUT2D eigenvalue weighted by Crippen LogP contribution is -2.30. The molecule has 0 saturated carbocycles. The maximum absolute atomic E-state index is 12.5. The van der Waals surface area contributed by atoms with Crippen molar-refractivity contribution in [2.45, 2.75) is 219 Å². The van der Waals surface area contributed by atoms with E-state index in [0.717, 1.165) is 51.4 Å². The third kappa shape index (κ3) is 35.5. The fraction of sp³-hybridized carbons (Fsp3) is 0.902. The summed E-state index contributed by atoms with van der Waals surface area (Å²) in [4.78, 5) is 24.8. The van der Waals surface area contributed by atoms with Crippen LogP contribution in [0.3, 0.4) is 0 Å². The highest BCUT2D eigenvalue weighted by Gasteiger charge is 2.17. The molecular weight excluding hydrogens is 572 g/mol. The van der Waals surface area contributed by atoms with Crippen LogP contribution in [0.15, 0.2) is 12.2 Å². The lowest BCUT2D eigenvalue weighted by atomic mass is 10.0. The van der Waals surface area contributed by atoms with Gasteiger partial charge in [0.15, 0.2) is 6.10 Å².